The Hall–Kier alpha value is -1.36. The van der Waals surface area contributed by atoms with Crippen molar-refractivity contribution in [3.8, 4) is 11.5 Å². The van der Waals surface area contributed by atoms with Gasteiger partial charge in [-0.25, -0.2) is 0 Å². The number of ether oxygens (including phenoxy) is 2. The van der Waals surface area contributed by atoms with Gasteiger partial charge in [0.15, 0.2) is 0 Å². The molecular weight excluding hydrogens is 330 g/mol. The Morgan fingerprint density at radius 1 is 1.14 bits per heavy atom. The molecule has 2 rings (SSSR count). The highest BCUT2D eigenvalue weighted by Crippen LogP contribution is 2.28. The van der Waals surface area contributed by atoms with Gasteiger partial charge in [0.25, 0.3) is 0 Å². The van der Waals surface area contributed by atoms with Crippen LogP contribution in [0.2, 0.25) is 0 Å². The number of nitrogens with one attached hydrogen (secondary N) is 1. The molecule has 0 atom stereocenters. The average molecular weight is 350 g/mol. The Kier molecular flexibility index (Phi) is 6.23. The molecule has 0 aliphatic carbocycles. The molecule has 21 heavy (non-hydrogen) atoms. The van der Waals surface area contributed by atoms with Gasteiger partial charge < -0.3 is 14.8 Å². The molecule has 0 saturated carbocycles. The Morgan fingerprint density at radius 3 is 2.76 bits per heavy atom. The summed E-state index contributed by atoms with van der Waals surface area (Å²) in [7, 11) is 1.69. The number of hydrogen-bond acceptors (Lipinski definition) is 3. The van der Waals surface area contributed by atoms with E-state index in [-0.39, 0.29) is 0 Å². The third-order valence-corrected chi connectivity index (χ3v) is 3.52. The van der Waals surface area contributed by atoms with Crippen LogP contribution in [0.25, 0.3) is 0 Å². The highest BCUT2D eigenvalue weighted by atomic mass is 79.9. The fourth-order valence-electron chi connectivity index (χ4n) is 2.04. The van der Waals surface area contributed by atoms with E-state index in [1.54, 1.807) is 7.11 Å². The molecule has 0 aliphatic rings. The molecule has 2 aromatic rings. The van der Waals surface area contributed by atoms with Crippen molar-refractivity contribution < 1.29 is 9.47 Å². The second-order valence-corrected chi connectivity index (χ2v) is 5.63. The highest BCUT2D eigenvalue weighted by Gasteiger charge is 2.06. The molecule has 0 heterocycles. The number of benzene rings is 2. The topological polar surface area (TPSA) is 30.5 Å². The summed E-state index contributed by atoms with van der Waals surface area (Å²) in [6, 6.07) is 14.0. The molecule has 0 aliphatic heterocycles. The van der Waals surface area contributed by atoms with Gasteiger partial charge in [0, 0.05) is 23.7 Å². The zero-order valence-corrected chi connectivity index (χ0v) is 13.9. The average Bonchev–Trinajstić information content (AvgIpc) is 2.48. The molecule has 0 amide bonds. The summed E-state index contributed by atoms with van der Waals surface area (Å²) in [5.74, 6) is 1.69. The van der Waals surface area contributed by atoms with Gasteiger partial charge >= 0.3 is 0 Å². The normalized spacial score (nSPS) is 10.6. The fraction of sp³-hybridized carbons (Fsp3) is 0.294. The van der Waals surface area contributed by atoms with Gasteiger partial charge in [-0.15, -0.1) is 0 Å². The van der Waals surface area contributed by atoms with Crippen LogP contribution >= 0.6 is 15.9 Å². The molecule has 0 bridgehead atoms. The Bertz CT molecular complexity index is 587. The second kappa shape index (κ2) is 8.17. The van der Waals surface area contributed by atoms with Gasteiger partial charge in [-0.2, -0.15) is 0 Å². The molecule has 0 fully saturated rings. The van der Waals surface area contributed by atoms with Crippen LogP contribution in [0.3, 0.4) is 0 Å². The van der Waals surface area contributed by atoms with Crippen LogP contribution in [0.15, 0.2) is 46.9 Å². The summed E-state index contributed by atoms with van der Waals surface area (Å²) in [6.45, 7) is 4.38. The molecule has 4 heteroatoms. The lowest BCUT2D eigenvalue weighted by atomic mass is 10.2. The van der Waals surface area contributed by atoms with Crippen molar-refractivity contribution in [1.82, 2.24) is 5.32 Å². The first-order valence-corrected chi connectivity index (χ1v) is 7.77. The molecule has 0 radical (unpaired) electrons. The Balaban J connectivity index is 2.20. The van der Waals surface area contributed by atoms with Gasteiger partial charge in [-0.3, -0.25) is 0 Å². The standard InChI is InChI=1S/C17H20BrNO2/c1-3-19-11-14-10-15(18)7-8-17(14)21-16-6-4-5-13(9-16)12-20-2/h4-10,19H,3,11-12H2,1-2H3. The smallest absolute Gasteiger partial charge is 0.131 e. The molecule has 0 unspecified atom stereocenters. The van der Waals surface area contributed by atoms with Crippen molar-refractivity contribution in [2.45, 2.75) is 20.1 Å². The van der Waals surface area contributed by atoms with Crippen molar-refractivity contribution in [1.29, 1.82) is 0 Å². The van der Waals surface area contributed by atoms with Crippen molar-refractivity contribution in [3.63, 3.8) is 0 Å². The molecule has 1 N–H and O–H groups in total. The van der Waals surface area contributed by atoms with Gasteiger partial charge in [0.2, 0.25) is 0 Å². The number of methoxy groups -OCH3 is 1. The summed E-state index contributed by atoms with van der Waals surface area (Å²) < 4.78 is 12.2. The predicted octanol–water partition coefficient (Wildman–Crippen LogP) is 4.50. The SMILES string of the molecule is CCNCc1cc(Br)ccc1Oc1cccc(COC)c1. The molecule has 0 saturated heterocycles. The van der Waals surface area contributed by atoms with E-state index in [2.05, 4.69) is 34.2 Å². The van der Waals surface area contributed by atoms with Crippen LogP contribution in [0.1, 0.15) is 18.1 Å². The molecular formula is C17H20BrNO2. The highest BCUT2D eigenvalue weighted by molar-refractivity contribution is 9.10. The number of halogens is 1. The number of hydrogen-bond donors (Lipinski definition) is 1. The van der Waals surface area contributed by atoms with Gasteiger partial charge in [0.05, 0.1) is 6.61 Å². The minimum atomic E-state index is 0.585. The van der Waals surface area contributed by atoms with Crippen LogP contribution in [-0.4, -0.2) is 13.7 Å². The van der Waals surface area contributed by atoms with Gasteiger partial charge in [-0.1, -0.05) is 35.0 Å². The third-order valence-electron chi connectivity index (χ3n) is 3.03. The van der Waals surface area contributed by atoms with Crippen LogP contribution < -0.4 is 10.1 Å². The van der Waals surface area contributed by atoms with E-state index >= 15 is 0 Å². The lowest BCUT2D eigenvalue weighted by molar-refractivity contribution is 0.184. The third kappa shape index (κ3) is 4.84. The first-order valence-electron chi connectivity index (χ1n) is 6.97. The van der Waals surface area contributed by atoms with Crippen molar-refractivity contribution in [2.24, 2.45) is 0 Å². The van der Waals surface area contributed by atoms with E-state index in [1.165, 1.54) is 0 Å². The lowest BCUT2D eigenvalue weighted by Crippen LogP contribution is -2.12. The summed E-state index contributed by atoms with van der Waals surface area (Å²) in [5, 5.41) is 3.33. The van der Waals surface area contributed by atoms with E-state index in [9.17, 15) is 0 Å². The lowest BCUT2D eigenvalue weighted by Gasteiger charge is -2.13. The second-order valence-electron chi connectivity index (χ2n) is 4.71. The van der Waals surface area contributed by atoms with Crippen LogP contribution in [-0.2, 0) is 17.9 Å². The van der Waals surface area contributed by atoms with Crippen LogP contribution in [0.4, 0.5) is 0 Å². The quantitative estimate of drug-likeness (QED) is 0.798. The fourth-order valence-corrected chi connectivity index (χ4v) is 2.45. The summed E-state index contributed by atoms with van der Waals surface area (Å²) >= 11 is 3.51. The summed E-state index contributed by atoms with van der Waals surface area (Å²) in [5.41, 5.74) is 2.23. The molecule has 2 aromatic carbocycles. The van der Waals surface area contributed by atoms with Gasteiger partial charge in [0.1, 0.15) is 11.5 Å². The molecule has 112 valence electrons. The van der Waals surface area contributed by atoms with Crippen molar-refractivity contribution >= 4 is 15.9 Å². The maximum Gasteiger partial charge on any atom is 0.131 e. The number of rotatable bonds is 7. The van der Waals surface area contributed by atoms with Crippen LogP contribution in [0, 0.1) is 0 Å². The predicted molar refractivity (Wildman–Crippen MR) is 88.8 cm³/mol. The monoisotopic (exact) mass is 349 g/mol. The molecule has 0 aromatic heterocycles. The minimum absolute atomic E-state index is 0.585. The largest absolute Gasteiger partial charge is 0.457 e. The van der Waals surface area contributed by atoms with Crippen LogP contribution in [0.5, 0.6) is 11.5 Å². The summed E-state index contributed by atoms with van der Waals surface area (Å²) in [4.78, 5) is 0. The maximum atomic E-state index is 6.03. The first kappa shape index (κ1) is 16.0. The van der Waals surface area contributed by atoms with E-state index < -0.39 is 0 Å². The zero-order valence-electron chi connectivity index (χ0n) is 12.4. The van der Waals surface area contributed by atoms with Crippen molar-refractivity contribution in [2.75, 3.05) is 13.7 Å². The first-order chi connectivity index (χ1) is 10.2. The minimum Gasteiger partial charge on any atom is -0.457 e. The molecule has 0 spiro atoms. The maximum absolute atomic E-state index is 6.03. The Labute approximate surface area is 134 Å². The van der Waals surface area contributed by atoms with E-state index in [1.807, 2.05) is 36.4 Å². The zero-order chi connectivity index (χ0) is 15.1. The van der Waals surface area contributed by atoms with E-state index in [0.29, 0.717) is 6.61 Å². The molecule has 3 nitrogen and oxygen atoms in total. The van der Waals surface area contributed by atoms with E-state index in [4.69, 9.17) is 9.47 Å². The van der Waals surface area contributed by atoms with Crippen molar-refractivity contribution in [3.05, 3.63) is 58.1 Å². The summed E-state index contributed by atoms with van der Waals surface area (Å²) in [6.07, 6.45) is 0. The van der Waals surface area contributed by atoms with E-state index in [0.717, 1.165) is 40.2 Å². The Morgan fingerprint density at radius 2 is 2.00 bits per heavy atom. The van der Waals surface area contributed by atoms with Gasteiger partial charge in [-0.05, 0) is 42.4 Å².